The minimum atomic E-state index is 0.170. The molecule has 1 aliphatic heterocycles. The van der Waals surface area contributed by atoms with Crippen LogP contribution in [0.15, 0.2) is 17.5 Å². The summed E-state index contributed by atoms with van der Waals surface area (Å²) < 4.78 is 0. The molecular weight excluding hydrogens is 436 g/mol. The van der Waals surface area contributed by atoms with Gasteiger partial charge in [0.15, 0.2) is 0 Å². The summed E-state index contributed by atoms with van der Waals surface area (Å²) in [4.78, 5) is 31.3. The topological polar surface area (TPSA) is 49.3 Å². The molecule has 6 rings (SSSR count). The van der Waals surface area contributed by atoms with E-state index in [1.165, 1.54) is 83.4 Å². The van der Waals surface area contributed by atoms with E-state index in [0.717, 1.165) is 49.1 Å². The molecule has 0 aromatic carbocycles. The van der Waals surface area contributed by atoms with Gasteiger partial charge in [-0.3, -0.25) is 4.79 Å². The molecule has 1 saturated heterocycles. The Morgan fingerprint density at radius 3 is 2.56 bits per heavy atom. The molecule has 168 valence electrons. The summed E-state index contributed by atoms with van der Waals surface area (Å²) in [5, 5.41) is 3.30. The van der Waals surface area contributed by atoms with Gasteiger partial charge in [0.2, 0.25) is 0 Å². The van der Waals surface area contributed by atoms with Gasteiger partial charge in [-0.2, -0.15) is 0 Å². The zero-order valence-corrected chi connectivity index (χ0v) is 20.1. The van der Waals surface area contributed by atoms with Gasteiger partial charge in [-0.05, 0) is 55.5 Å². The van der Waals surface area contributed by atoms with E-state index in [-0.39, 0.29) is 5.91 Å². The highest BCUT2D eigenvalue weighted by atomic mass is 32.1. The van der Waals surface area contributed by atoms with Gasteiger partial charge in [0, 0.05) is 37.0 Å². The molecule has 32 heavy (non-hydrogen) atoms. The fourth-order valence-electron chi connectivity index (χ4n) is 5.60. The van der Waals surface area contributed by atoms with Gasteiger partial charge in [-0.1, -0.05) is 25.3 Å². The average Bonchev–Trinajstić information content (AvgIpc) is 3.52. The van der Waals surface area contributed by atoms with Crippen molar-refractivity contribution in [2.75, 3.05) is 31.1 Å². The van der Waals surface area contributed by atoms with E-state index in [4.69, 9.17) is 9.97 Å². The summed E-state index contributed by atoms with van der Waals surface area (Å²) in [6.07, 6.45) is 11.3. The zero-order valence-electron chi connectivity index (χ0n) is 18.5. The van der Waals surface area contributed by atoms with E-state index < -0.39 is 0 Å². The third kappa shape index (κ3) is 3.73. The average molecular weight is 467 g/mol. The van der Waals surface area contributed by atoms with Crippen LogP contribution in [-0.2, 0) is 12.8 Å². The molecule has 2 fully saturated rings. The predicted molar refractivity (Wildman–Crippen MR) is 132 cm³/mol. The van der Waals surface area contributed by atoms with Gasteiger partial charge in [0.05, 0.1) is 10.3 Å². The maximum atomic E-state index is 12.8. The Morgan fingerprint density at radius 2 is 1.78 bits per heavy atom. The van der Waals surface area contributed by atoms with E-state index in [1.54, 1.807) is 0 Å². The molecule has 4 heterocycles. The van der Waals surface area contributed by atoms with Crippen LogP contribution in [0.25, 0.3) is 10.2 Å². The van der Waals surface area contributed by atoms with Crippen molar-refractivity contribution >= 4 is 44.6 Å². The first-order chi connectivity index (χ1) is 15.8. The second-order valence-electron chi connectivity index (χ2n) is 9.39. The van der Waals surface area contributed by atoms with E-state index in [2.05, 4.69) is 4.90 Å². The second kappa shape index (κ2) is 8.75. The van der Waals surface area contributed by atoms with Crippen molar-refractivity contribution in [2.24, 2.45) is 0 Å². The molecule has 1 saturated carbocycles. The largest absolute Gasteiger partial charge is 0.352 e. The normalized spacial score (nSPS) is 20.0. The SMILES string of the molecule is O=C(c1cccs1)N1CCN(c2nc(C3CCCCC3)nc3sc4c(c23)CCCC4)CC1. The Bertz CT molecular complexity index is 1110. The molecule has 0 bridgehead atoms. The first kappa shape index (κ1) is 20.6. The standard InChI is InChI=1S/C25H30N4OS2/c30-25(20-11-6-16-31-20)29-14-12-28(13-15-29)23-21-18-9-4-5-10-19(18)32-24(21)27-22(26-23)17-7-2-1-3-8-17/h6,11,16-17H,1-5,7-10,12-15H2. The maximum absolute atomic E-state index is 12.8. The van der Waals surface area contributed by atoms with Crippen molar-refractivity contribution < 1.29 is 4.79 Å². The Morgan fingerprint density at radius 1 is 0.969 bits per heavy atom. The number of aromatic nitrogens is 2. The predicted octanol–water partition coefficient (Wildman–Crippen LogP) is 5.64. The lowest BCUT2D eigenvalue weighted by Crippen LogP contribution is -2.49. The fourth-order valence-corrected chi connectivity index (χ4v) is 7.56. The molecule has 1 amide bonds. The van der Waals surface area contributed by atoms with Crippen molar-refractivity contribution in [3.63, 3.8) is 0 Å². The number of aryl methyl sites for hydroxylation is 2. The summed E-state index contributed by atoms with van der Waals surface area (Å²) in [5.74, 6) is 2.90. The van der Waals surface area contributed by atoms with Crippen molar-refractivity contribution in [1.29, 1.82) is 0 Å². The number of carbonyl (C=O) groups is 1. The summed E-state index contributed by atoms with van der Waals surface area (Å²) in [6, 6.07) is 3.89. The van der Waals surface area contributed by atoms with Crippen LogP contribution >= 0.6 is 22.7 Å². The quantitative estimate of drug-likeness (QED) is 0.501. The maximum Gasteiger partial charge on any atom is 0.264 e. The number of nitrogens with zero attached hydrogens (tertiary/aromatic N) is 4. The van der Waals surface area contributed by atoms with Gasteiger partial charge >= 0.3 is 0 Å². The lowest BCUT2D eigenvalue weighted by atomic mass is 9.88. The summed E-state index contributed by atoms with van der Waals surface area (Å²) in [6.45, 7) is 3.20. The van der Waals surface area contributed by atoms with Crippen LogP contribution in [0.4, 0.5) is 5.82 Å². The first-order valence-corrected chi connectivity index (χ1v) is 13.9. The number of amides is 1. The second-order valence-corrected chi connectivity index (χ2v) is 11.4. The molecule has 0 atom stereocenters. The Kier molecular flexibility index (Phi) is 5.63. The molecule has 0 N–H and O–H groups in total. The van der Waals surface area contributed by atoms with E-state index in [0.29, 0.717) is 5.92 Å². The Balaban J connectivity index is 1.33. The smallest absolute Gasteiger partial charge is 0.264 e. The highest BCUT2D eigenvalue weighted by Crippen LogP contribution is 2.42. The highest BCUT2D eigenvalue weighted by Gasteiger charge is 2.29. The Hall–Kier alpha value is -1.99. The summed E-state index contributed by atoms with van der Waals surface area (Å²) in [7, 11) is 0. The zero-order chi connectivity index (χ0) is 21.5. The molecule has 2 aliphatic carbocycles. The lowest BCUT2D eigenvalue weighted by molar-refractivity contribution is 0.0751. The van der Waals surface area contributed by atoms with Crippen LogP contribution < -0.4 is 4.90 Å². The van der Waals surface area contributed by atoms with Crippen LogP contribution in [0.3, 0.4) is 0 Å². The molecule has 0 spiro atoms. The number of rotatable bonds is 3. The molecule has 0 unspecified atom stereocenters. The van der Waals surface area contributed by atoms with Crippen LogP contribution in [0.5, 0.6) is 0 Å². The minimum Gasteiger partial charge on any atom is -0.352 e. The number of thiophene rings is 2. The van der Waals surface area contributed by atoms with Crippen molar-refractivity contribution in [2.45, 2.75) is 63.7 Å². The van der Waals surface area contributed by atoms with Gasteiger partial charge in [0.25, 0.3) is 5.91 Å². The van der Waals surface area contributed by atoms with Crippen LogP contribution in [0.2, 0.25) is 0 Å². The van der Waals surface area contributed by atoms with Gasteiger partial charge in [-0.15, -0.1) is 22.7 Å². The van der Waals surface area contributed by atoms with Crippen molar-refractivity contribution in [3.05, 3.63) is 38.7 Å². The third-order valence-corrected chi connectivity index (χ3v) is 9.43. The monoisotopic (exact) mass is 466 g/mol. The lowest BCUT2D eigenvalue weighted by Gasteiger charge is -2.36. The molecule has 0 radical (unpaired) electrons. The molecular formula is C25H30N4OS2. The number of carbonyl (C=O) groups excluding carboxylic acids is 1. The van der Waals surface area contributed by atoms with E-state index in [9.17, 15) is 4.79 Å². The molecule has 3 aromatic heterocycles. The Labute approximate surface area is 197 Å². The minimum absolute atomic E-state index is 0.170. The highest BCUT2D eigenvalue weighted by molar-refractivity contribution is 7.19. The van der Waals surface area contributed by atoms with Gasteiger partial charge in [0.1, 0.15) is 16.5 Å². The van der Waals surface area contributed by atoms with Crippen LogP contribution in [-0.4, -0.2) is 47.0 Å². The number of fused-ring (bicyclic) bond motifs is 3. The first-order valence-electron chi connectivity index (χ1n) is 12.2. The molecule has 3 aromatic rings. The fraction of sp³-hybridized carbons (Fsp3) is 0.560. The number of anilines is 1. The molecule has 3 aliphatic rings. The van der Waals surface area contributed by atoms with Crippen molar-refractivity contribution in [1.82, 2.24) is 14.9 Å². The van der Waals surface area contributed by atoms with Gasteiger partial charge < -0.3 is 9.80 Å². The van der Waals surface area contributed by atoms with Crippen molar-refractivity contribution in [3.8, 4) is 0 Å². The van der Waals surface area contributed by atoms with Crippen LogP contribution in [0, 0.1) is 0 Å². The third-order valence-electron chi connectivity index (χ3n) is 7.38. The summed E-state index contributed by atoms with van der Waals surface area (Å²) >= 11 is 3.45. The van der Waals surface area contributed by atoms with Crippen LogP contribution in [0.1, 0.15) is 76.8 Å². The van der Waals surface area contributed by atoms with E-state index in [1.807, 2.05) is 33.7 Å². The number of piperazine rings is 1. The summed E-state index contributed by atoms with van der Waals surface area (Å²) in [5.41, 5.74) is 1.51. The van der Waals surface area contributed by atoms with Gasteiger partial charge in [-0.25, -0.2) is 9.97 Å². The molecule has 5 nitrogen and oxygen atoms in total. The molecule has 7 heteroatoms. The number of hydrogen-bond acceptors (Lipinski definition) is 6. The van der Waals surface area contributed by atoms with E-state index >= 15 is 0 Å². The number of hydrogen-bond donors (Lipinski definition) is 0.